The molecule has 1 aromatic rings. The predicted octanol–water partition coefficient (Wildman–Crippen LogP) is 0.703. The summed E-state index contributed by atoms with van der Waals surface area (Å²) in [6, 6.07) is 0.353. The summed E-state index contributed by atoms with van der Waals surface area (Å²) in [5.74, 6) is 0.207. The van der Waals surface area contributed by atoms with Gasteiger partial charge in [-0.25, -0.2) is 12.7 Å². The van der Waals surface area contributed by atoms with Crippen molar-refractivity contribution in [1.29, 1.82) is 0 Å². The van der Waals surface area contributed by atoms with Crippen LogP contribution < -0.4 is 5.32 Å². The standard InChI is InChI=1S/C12H22N4O2S/c1-16(10-11-8-14-15-9-11)19(17,18)7-5-12-4-2-3-6-13-12/h8-9,12-13H,2-7,10H2,1H3,(H,14,15). The molecule has 0 spiro atoms. The van der Waals surface area contributed by atoms with Gasteiger partial charge in [0.1, 0.15) is 0 Å². The molecular weight excluding hydrogens is 264 g/mol. The maximum atomic E-state index is 12.2. The lowest BCUT2D eigenvalue weighted by molar-refractivity contribution is 0.388. The summed E-state index contributed by atoms with van der Waals surface area (Å²) >= 11 is 0. The molecular formula is C12H22N4O2S. The van der Waals surface area contributed by atoms with Crippen molar-refractivity contribution in [3.63, 3.8) is 0 Å². The molecule has 7 heteroatoms. The lowest BCUT2D eigenvalue weighted by atomic mass is 10.0. The van der Waals surface area contributed by atoms with Gasteiger partial charge in [-0.3, -0.25) is 5.10 Å². The summed E-state index contributed by atoms with van der Waals surface area (Å²) in [6.45, 7) is 1.38. The van der Waals surface area contributed by atoms with E-state index in [1.54, 1.807) is 19.4 Å². The van der Waals surface area contributed by atoms with E-state index in [-0.39, 0.29) is 5.75 Å². The number of nitrogens with one attached hydrogen (secondary N) is 2. The van der Waals surface area contributed by atoms with Crippen LogP contribution in [-0.4, -0.2) is 48.3 Å². The zero-order chi connectivity index (χ0) is 13.7. The van der Waals surface area contributed by atoms with E-state index in [0.717, 1.165) is 18.5 Å². The maximum absolute atomic E-state index is 12.2. The minimum absolute atomic E-state index is 0.207. The summed E-state index contributed by atoms with van der Waals surface area (Å²) in [5.41, 5.74) is 0.877. The van der Waals surface area contributed by atoms with Crippen molar-refractivity contribution < 1.29 is 8.42 Å². The van der Waals surface area contributed by atoms with Crippen molar-refractivity contribution in [3.8, 4) is 0 Å². The average molecular weight is 286 g/mol. The van der Waals surface area contributed by atoms with E-state index in [2.05, 4.69) is 15.5 Å². The van der Waals surface area contributed by atoms with Crippen LogP contribution in [0.25, 0.3) is 0 Å². The molecule has 19 heavy (non-hydrogen) atoms. The number of sulfonamides is 1. The third-order valence-corrected chi connectivity index (χ3v) is 5.40. The molecule has 2 heterocycles. The van der Waals surface area contributed by atoms with E-state index >= 15 is 0 Å². The Hall–Kier alpha value is -0.920. The maximum Gasteiger partial charge on any atom is 0.214 e. The van der Waals surface area contributed by atoms with Gasteiger partial charge in [0, 0.05) is 31.4 Å². The molecule has 0 amide bonds. The average Bonchev–Trinajstić information content (AvgIpc) is 2.90. The Morgan fingerprint density at radius 2 is 2.32 bits per heavy atom. The molecule has 0 aromatic carbocycles. The molecule has 1 saturated heterocycles. The van der Waals surface area contributed by atoms with Crippen LogP contribution >= 0.6 is 0 Å². The second kappa shape index (κ2) is 6.49. The Morgan fingerprint density at radius 1 is 1.47 bits per heavy atom. The first kappa shape index (κ1) is 14.5. The van der Waals surface area contributed by atoms with Crippen LogP contribution in [0.15, 0.2) is 12.4 Å². The van der Waals surface area contributed by atoms with Crippen LogP contribution in [0.4, 0.5) is 0 Å². The highest BCUT2D eigenvalue weighted by Crippen LogP contribution is 2.13. The fourth-order valence-corrected chi connectivity index (χ4v) is 3.58. The molecule has 0 saturated carbocycles. The molecule has 1 unspecified atom stereocenters. The van der Waals surface area contributed by atoms with Crippen molar-refractivity contribution in [2.45, 2.75) is 38.3 Å². The molecule has 1 aliphatic heterocycles. The van der Waals surface area contributed by atoms with E-state index in [4.69, 9.17) is 0 Å². The third kappa shape index (κ3) is 4.29. The molecule has 1 aromatic heterocycles. The molecule has 1 aliphatic rings. The molecule has 1 fully saturated rings. The lowest BCUT2D eigenvalue weighted by Crippen LogP contribution is -2.37. The lowest BCUT2D eigenvalue weighted by Gasteiger charge is -2.24. The van der Waals surface area contributed by atoms with E-state index in [0.29, 0.717) is 19.0 Å². The van der Waals surface area contributed by atoms with Gasteiger partial charge >= 0.3 is 0 Å². The Balaban J connectivity index is 1.83. The van der Waals surface area contributed by atoms with Gasteiger partial charge in [0.25, 0.3) is 0 Å². The summed E-state index contributed by atoms with van der Waals surface area (Å²) in [5, 5.41) is 9.89. The topological polar surface area (TPSA) is 78.1 Å². The monoisotopic (exact) mass is 286 g/mol. The first-order chi connectivity index (χ1) is 9.08. The van der Waals surface area contributed by atoms with Gasteiger partial charge in [0.15, 0.2) is 0 Å². The van der Waals surface area contributed by atoms with Crippen LogP contribution in [0.3, 0.4) is 0 Å². The van der Waals surface area contributed by atoms with Crippen LogP contribution in [0, 0.1) is 0 Å². The second-order valence-electron chi connectivity index (χ2n) is 5.11. The van der Waals surface area contributed by atoms with Gasteiger partial charge in [-0.15, -0.1) is 0 Å². The number of rotatable bonds is 6. The molecule has 1 atom stereocenters. The summed E-state index contributed by atoms with van der Waals surface area (Å²) in [6.07, 6.45) is 7.54. The Kier molecular flexibility index (Phi) is 4.95. The highest BCUT2D eigenvalue weighted by molar-refractivity contribution is 7.89. The van der Waals surface area contributed by atoms with Gasteiger partial charge in [0.05, 0.1) is 11.9 Å². The number of nitrogens with zero attached hydrogens (tertiary/aromatic N) is 2. The highest BCUT2D eigenvalue weighted by atomic mass is 32.2. The number of H-pyrrole nitrogens is 1. The molecule has 0 aliphatic carbocycles. The number of hydrogen-bond acceptors (Lipinski definition) is 4. The van der Waals surface area contributed by atoms with E-state index < -0.39 is 10.0 Å². The Morgan fingerprint density at radius 3 is 2.95 bits per heavy atom. The summed E-state index contributed by atoms with van der Waals surface area (Å²) < 4.78 is 25.7. The molecule has 2 rings (SSSR count). The first-order valence-corrected chi connectivity index (χ1v) is 8.34. The van der Waals surface area contributed by atoms with Crippen molar-refractivity contribution >= 4 is 10.0 Å². The first-order valence-electron chi connectivity index (χ1n) is 6.73. The fourth-order valence-electron chi connectivity index (χ4n) is 2.34. The van der Waals surface area contributed by atoms with Crippen molar-refractivity contribution in [1.82, 2.24) is 19.8 Å². The Labute approximate surface area is 114 Å². The highest BCUT2D eigenvalue weighted by Gasteiger charge is 2.21. The van der Waals surface area contributed by atoms with E-state index in [9.17, 15) is 8.42 Å². The molecule has 6 nitrogen and oxygen atoms in total. The smallest absolute Gasteiger partial charge is 0.214 e. The molecule has 0 bridgehead atoms. The minimum Gasteiger partial charge on any atom is -0.314 e. The van der Waals surface area contributed by atoms with Gasteiger partial charge in [-0.05, 0) is 25.8 Å². The normalized spacial score (nSPS) is 20.8. The number of piperidine rings is 1. The van der Waals surface area contributed by atoms with E-state index in [1.807, 2.05) is 0 Å². The van der Waals surface area contributed by atoms with Crippen molar-refractivity contribution in [2.24, 2.45) is 0 Å². The number of aromatic nitrogens is 2. The molecule has 0 radical (unpaired) electrons. The Bertz CT molecular complexity index is 466. The van der Waals surface area contributed by atoms with Crippen LogP contribution in [0.5, 0.6) is 0 Å². The number of aromatic amines is 1. The van der Waals surface area contributed by atoms with Gasteiger partial charge in [-0.1, -0.05) is 6.42 Å². The minimum atomic E-state index is -3.18. The third-order valence-electron chi connectivity index (χ3n) is 3.57. The number of hydrogen-bond donors (Lipinski definition) is 2. The zero-order valence-electron chi connectivity index (χ0n) is 11.3. The summed E-state index contributed by atoms with van der Waals surface area (Å²) in [7, 11) is -1.56. The van der Waals surface area contributed by atoms with Crippen LogP contribution in [0.1, 0.15) is 31.2 Å². The largest absolute Gasteiger partial charge is 0.314 e. The summed E-state index contributed by atoms with van der Waals surface area (Å²) in [4.78, 5) is 0. The molecule has 108 valence electrons. The van der Waals surface area contributed by atoms with Gasteiger partial charge in [-0.2, -0.15) is 5.10 Å². The predicted molar refractivity (Wildman–Crippen MR) is 74.1 cm³/mol. The fraction of sp³-hybridized carbons (Fsp3) is 0.750. The quantitative estimate of drug-likeness (QED) is 0.807. The second-order valence-corrected chi connectivity index (χ2v) is 7.31. The van der Waals surface area contributed by atoms with Gasteiger partial charge < -0.3 is 5.32 Å². The van der Waals surface area contributed by atoms with Crippen molar-refractivity contribution in [3.05, 3.63) is 18.0 Å². The van der Waals surface area contributed by atoms with Crippen molar-refractivity contribution in [2.75, 3.05) is 19.3 Å². The van der Waals surface area contributed by atoms with Crippen LogP contribution in [-0.2, 0) is 16.6 Å². The van der Waals surface area contributed by atoms with Gasteiger partial charge in [0.2, 0.25) is 10.0 Å². The zero-order valence-corrected chi connectivity index (χ0v) is 12.1. The molecule has 2 N–H and O–H groups in total. The van der Waals surface area contributed by atoms with Crippen LogP contribution in [0.2, 0.25) is 0 Å². The van der Waals surface area contributed by atoms with E-state index in [1.165, 1.54) is 17.1 Å². The SMILES string of the molecule is CN(Cc1cn[nH]c1)S(=O)(=O)CCC1CCCCN1.